The van der Waals surface area contributed by atoms with Crippen molar-refractivity contribution in [1.82, 2.24) is 0 Å². The maximum absolute atomic E-state index is 14.1. The number of esters is 3. The molecule has 3 aliphatic rings. The van der Waals surface area contributed by atoms with Gasteiger partial charge in [-0.15, -0.1) is 0 Å². The van der Waals surface area contributed by atoms with Crippen molar-refractivity contribution in [3.05, 3.63) is 12.2 Å². The highest BCUT2D eigenvalue weighted by atomic mass is 16.6. The molecule has 224 valence electrons. The third kappa shape index (κ3) is 3.91. The van der Waals surface area contributed by atoms with Gasteiger partial charge in [0.15, 0.2) is 5.78 Å². The number of allylic oxidation sites excluding steroid dienone is 1. The minimum Gasteiger partial charge on any atom is -0.469 e. The predicted octanol–water partition coefficient (Wildman–Crippen LogP) is 1.15. The van der Waals surface area contributed by atoms with Gasteiger partial charge in [0.1, 0.15) is 11.9 Å². The number of hydrogen-bond donors (Lipinski definition) is 3. The molecule has 0 bridgehead atoms. The lowest BCUT2D eigenvalue weighted by Crippen LogP contribution is -2.77. The van der Waals surface area contributed by atoms with Crippen LogP contribution in [0.5, 0.6) is 0 Å². The highest BCUT2D eigenvalue weighted by Gasteiger charge is 2.77. The molecule has 0 aromatic carbocycles. The molecule has 0 aromatic rings. The molecule has 10 atom stereocenters. The van der Waals surface area contributed by atoms with Crippen LogP contribution in [0.15, 0.2) is 12.2 Å². The van der Waals surface area contributed by atoms with Crippen LogP contribution in [0, 0.1) is 39.4 Å². The summed E-state index contributed by atoms with van der Waals surface area (Å²) in [6.45, 7) is 14.2. The van der Waals surface area contributed by atoms with Crippen molar-refractivity contribution in [3.8, 4) is 0 Å². The number of rotatable bonds is 5. The quantitative estimate of drug-likeness (QED) is 0.188. The number of ketones is 2. The zero-order valence-electron chi connectivity index (χ0n) is 24.7. The molecule has 0 heterocycles. The maximum Gasteiger partial charge on any atom is 0.345 e. The van der Waals surface area contributed by atoms with Gasteiger partial charge in [0, 0.05) is 35.5 Å². The van der Waals surface area contributed by atoms with Gasteiger partial charge in [-0.05, 0) is 26.2 Å². The lowest BCUT2D eigenvalue weighted by molar-refractivity contribution is -0.288. The van der Waals surface area contributed by atoms with E-state index in [1.165, 1.54) is 6.92 Å². The van der Waals surface area contributed by atoms with Gasteiger partial charge in [-0.3, -0.25) is 19.2 Å². The largest absolute Gasteiger partial charge is 0.469 e. The molecule has 0 radical (unpaired) electrons. The Morgan fingerprint density at radius 2 is 1.52 bits per heavy atom. The van der Waals surface area contributed by atoms with Gasteiger partial charge < -0.3 is 29.5 Å². The van der Waals surface area contributed by atoms with Crippen LogP contribution in [0.4, 0.5) is 0 Å². The van der Waals surface area contributed by atoms with E-state index in [0.29, 0.717) is 0 Å². The Bertz CT molecular complexity index is 1150. The van der Waals surface area contributed by atoms with Crippen LogP contribution in [-0.4, -0.2) is 82.9 Å². The molecule has 3 rings (SSSR count). The molecule has 0 saturated heterocycles. The molecular formula is C29H42O11. The van der Waals surface area contributed by atoms with Crippen LogP contribution in [0.3, 0.4) is 0 Å². The van der Waals surface area contributed by atoms with E-state index in [0.717, 1.165) is 28.1 Å². The molecule has 0 aromatic heterocycles. The van der Waals surface area contributed by atoms with Gasteiger partial charge in [0.2, 0.25) is 5.60 Å². The number of fused-ring (bicyclic) bond motifs is 3. The van der Waals surface area contributed by atoms with Crippen LogP contribution in [0.2, 0.25) is 0 Å². The van der Waals surface area contributed by atoms with E-state index in [-0.39, 0.29) is 24.2 Å². The molecule has 0 spiro atoms. The average Bonchev–Trinajstić information content (AvgIpc) is 2.86. The van der Waals surface area contributed by atoms with Crippen molar-refractivity contribution in [1.29, 1.82) is 0 Å². The molecule has 11 heteroatoms. The Morgan fingerprint density at radius 1 is 0.975 bits per heavy atom. The molecule has 3 aliphatic carbocycles. The molecule has 40 heavy (non-hydrogen) atoms. The van der Waals surface area contributed by atoms with E-state index in [4.69, 9.17) is 9.47 Å². The van der Waals surface area contributed by atoms with Crippen LogP contribution >= 0.6 is 0 Å². The van der Waals surface area contributed by atoms with Crippen molar-refractivity contribution in [3.63, 3.8) is 0 Å². The smallest absolute Gasteiger partial charge is 0.345 e. The number of carbonyl (C=O) groups excluding carboxylic acids is 5. The summed E-state index contributed by atoms with van der Waals surface area (Å²) in [7, 11) is 2.10. The molecule has 3 N–H and O–H groups in total. The average molecular weight is 567 g/mol. The Balaban J connectivity index is 2.41. The van der Waals surface area contributed by atoms with E-state index >= 15 is 0 Å². The summed E-state index contributed by atoms with van der Waals surface area (Å²) in [5.74, 6) is -7.52. The summed E-state index contributed by atoms with van der Waals surface area (Å²) in [5, 5.41) is 34.7. The monoisotopic (exact) mass is 566 g/mol. The highest BCUT2D eigenvalue weighted by Crippen LogP contribution is 2.71. The molecule has 11 nitrogen and oxygen atoms in total. The Morgan fingerprint density at radius 3 is 2.00 bits per heavy atom. The van der Waals surface area contributed by atoms with Gasteiger partial charge in [-0.2, -0.15) is 0 Å². The minimum absolute atomic E-state index is 0.0261. The number of Topliss-reactive ketones (excluding diaryl/α,β-unsaturated/α-hetero) is 2. The fourth-order valence-electron chi connectivity index (χ4n) is 8.56. The normalized spacial score (nSPS) is 42.0. The van der Waals surface area contributed by atoms with Gasteiger partial charge >= 0.3 is 17.9 Å². The fraction of sp³-hybridized carbons (Fsp3) is 0.759. The van der Waals surface area contributed by atoms with Crippen molar-refractivity contribution >= 4 is 29.5 Å². The number of hydrogen-bond acceptors (Lipinski definition) is 11. The number of carbonyl (C=O) groups is 5. The predicted molar refractivity (Wildman–Crippen MR) is 139 cm³/mol. The Hall–Kier alpha value is -2.63. The van der Waals surface area contributed by atoms with E-state index < -0.39 is 87.0 Å². The summed E-state index contributed by atoms with van der Waals surface area (Å²) in [6, 6.07) is 0. The summed E-state index contributed by atoms with van der Waals surface area (Å²) in [5.41, 5.74) is -8.51. The molecular weight excluding hydrogens is 524 g/mol. The standard InChI is InChI=1S/C29H42O11/c1-13-11-15-27(6)17(32)12-16(31)25(3,4)19(27)18(40-14(2)30)21(33)28(15,7)20(22(34)38-9)26(13,5)23(35)29(8,37)24(36)39-10/h15,17-21,32-33,37H,1,11-12H2,2-10H3/t15-,17-,18+,19+,20-,21+,26+,27-,28+,29-/m0/s1. The van der Waals surface area contributed by atoms with Crippen LogP contribution in [0.1, 0.15) is 61.3 Å². The van der Waals surface area contributed by atoms with Gasteiger partial charge in [-0.25, -0.2) is 4.79 Å². The van der Waals surface area contributed by atoms with E-state index in [9.17, 15) is 39.3 Å². The topological polar surface area (TPSA) is 174 Å². The highest BCUT2D eigenvalue weighted by molar-refractivity contribution is 6.11. The number of ether oxygens (including phenoxy) is 3. The second-order valence-electron chi connectivity index (χ2n) is 13.0. The minimum atomic E-state index is -2.69. The first-order chi connectivity index (χ1) is 18.1. The van der Waals surface area contributed by atoms with Crippen molar-refractivity contribution in [2.24, 2.45) is 39.4 Å². The maximum atomic E-state index is 14.1. The molecule has 0 aliphatic heterocycles. The van der Waals surface area contributed by atoms with Crippen molar-refractivity contribution < 1.29 is 53.5 Å². The van der Waals surface area contributed by atoms with E-state index in [1.807, 2.05) is 0 Å². The summed E-state index contributed by atoms with van der Waals surface area (Å²) < 4.78 is 15.5. The van der Waals surface area contributed by atoms with Crippen LogP contribution < -0.4 is 0 Å². The third-order valence-corrected chi connectivity index (χ3v) is 10.7. The lowest BCUT2D eigenvalue weighted by Gasteiger charge is -2.70. The first kappa shape index (κ1) is 31.9. The fourth-order valence-corrected chi connectivity index (χ4v) is 8.56. The van der Waals surface area contributed by atoms with Crippen LogP contribution in [0.25, 0.3) is 0 Å². The second kappa shape index (κ2) is 9.73. The molecule has 3 saturated carbocycles. The summed E-state index contributed by atoms with van der Waals surface area (Å²) >= 11 is 0. The summed E-state index contributed by atoms with van der Waals surface area (Å²) in [4.78, 5) is 65.8. The zero-order chi connectivity index (χ0) is 31.0. The number of methoxy groups -OCH3 is 2. The van der Waals surface area contributed by atoms with E-state index in [2.05, 4.69) is 11.3 Å². The molecule has 0 amide bonds. The van der Waals surface area contributed by atoms with E-state index in [1.54, 1.807) is 27.7 Å². The Labute approximate surface area is 234 Å². The number of aliphatic hydroxyl groups is 3. The lowest BCUT2D eigenvalue weighted by atomic mass is 9.34. The zero-order valence-corrected chi connectivity index (χ0v) is 24.7. The van der Waals surface area contributed by atoms with Crippen molar-refractivity contribution in [2.45, 2.75) is 85.2 Å². The summed E-state index contributed by atoms with van der Waals surface area (Å²) in [6.07, 6.45) is -4.49. The molecule has 0 unspecified atom stereocenters. The third-order valence-electron chi connectivity index (χ3n) is 10.7. The second-order valence-corrected chi connectivity index (χ2v) is 13.0. The number of aliphatic hydroxyl groups excluding tert-OH is 2. The SMILES string of the molecule is C=C1C[C@@H]2[C@@](C)([C@H](O)[C@H](OC(C)=O)[C@@H]3C(C)(C)C(=O)C[C@H](O)[C@]23C)[C@@H](C(=O)OC)[C@]1(C)C(=O)[C@](C)(O)C(=O)OC. The van der Waals surface area contributed by atoms with Gasteiger partial charge in [0.25, 0.3) is 0 Å². The van der Waals surface area contributed by atoms with Crippen molar-refractivity contribution in [2.75, 3.05) is 14.2 Å². The van der Waals surface area contributed by atoms with Crippen LogP contribution in [-0.2, 0) is 38.2 Å². The molecule has 3 fully saturated rings. The first-order valence-corrected chi connectivity index (χ1v) is 13.3. The first-order valence-electron chi connectivity index (χ1n) is 13.3. The Kier molecular flexibility index (Phi) is 7.76. The van der Waals surface area contributed by atoms with Gasteiger partial charge in [0.05, 0.1) is 37.8 Å². The van der Waals surface area contributed by atoms with Gasteiger partial charge in [-0.1, -0.05) is 39.8 Å².